The van der Waals surface area contributed by atoms with E-state index in [1.165, 1.54) is 6.07 Å². The maximum Gasteiger partial charge on any atom is 0.287 e. The summed E-state index contributed by atoms with van der Waals surface area (Å²) in [7, 11) is 0. The van der Waals surface area contributed by atoms with E-state index in [1.807, 2.05) is 39.0 Å². The molecule has 1 aromatic carbocycles. The maximum atomic E-state index is 12.8. The monoisotopic (exact) mass is 394 g/mol. The molecule has 2 aromatic heterocycles. The van der Waals surface area contributed by atoms with Crippen molar-refractivity contribution in [2.24, 2.45) is 0 Å². The molecule has 1 fully saturated rings. The van der Waals surface area contributed by atoms with Crippen LogP contribution >= 0.6 is 0 Å². The quantitative estimate of drug-likeness (QED) is 0.711. The summed E-state index contributed by atoms with van der Waals surface area (Å²) in [5.41, 5.74) is 2.08. The van der Waals surface area contributed by atoms with Crippen LogP contribution in [-0.2, 0) is 0 Å². The van der Waals surface area contributed by atoms with Gasteiger partial charge in [0.25, 0.3) is 5.91 Å². The third kappa shape index (κ3) is 3.98. The number of carbonyl (C=O) groups is 1. The number of aryl methyl sites for hydroxylation is 3. The highest BCUT2D eigenvalue weighted by molar-refractivity contribution is 5.93. The Balaban J connectivity index is 1.57. The van der Waals surface area contributed by atoms with Gasteiger partial charge in [0.15, 0.2) is 11.2 Å². The first-order valence-electron chi connectivity index (χ1n) is 10.1. The van der Waals surface area contributed by atoms with E-state index in [4.69, 9.17) is 8.83 Å². The van der Waals surface area contributed by atoms with Crippen LogP contribution in [0.5, 0.6) is 0 Å². The summed E-state index contributed by atoms with van der Waals surface area (Å²) in [4.78, 5) is 27.6. The Morgan fingerprint density at radius 3 is 2.55 bits per heavy atom. The largest absolute Gasteiger partial charge is 0.465 e. The smallest absolute Gasteiger partial charge is 0.287 e. The Morgan fingerprint density at radius 2 is 1.86 bits per heavy atom. The van der Waals surface area contributed by atoms with E-state index < -0.39 is 5.91 Å². The number of nitrogens with one attached hydrogen (secondary N) is 1. The fourth-order valence-corrected chi connectivity index (χ4v) is 4.09. The van der Waals surface area contributed by atoms with E-state index in [9.17, 15) is 9.59 Å². The number of hydrogen-bond donors (Lipinski definition) is 1. The zero-order valence-electron chi connectivity index (χ0n) is 17.1. The molecule has 6 heteroatoms. The van der Waals surface area contributed by atoms with E-state index >= 15 is 0 Å². The predicted octanol–water partition coefficient (Wildman–Crippen LogP) is 3.88. The van der Waals surface area contributed by atoms with Crippen LogP contribution < -0.4 is 10.7 Å². The van der Waals surface area contributed by atoms with Crippen molar-refractivity contribution in [3.63, 3.8) is 0 Å². The van der Waals surface area contributed by atoms with Gasteiger partial charge >= 0.3 is 0 Å². The van der Waals surface area contributed by atoms with E-state index in [0.29, 0.717) is 17.5 Å². The maximum absolute atomic E-state index is 12.8. The number of furan rings is 1. The second kappa shape index (κ2) is 7.87. The van der Waals surface area contributed by atoms with E-state index in [1.54, 1.807) is 6.07 Å². The number of rotatable bonds is 5. The summed E-state index contributed by atoms with van der Waals surface area (Å²) < 4.78 is 11.6. The lowest BCUT2D eigenvalue weighted by Gasteiger charge is -2.26. The molecular formula is C23H26N2O4. The summed E-state index contributed by atoms with van der Waals surface area (Å²) in [6, 6.07) is 8.87. The lowest BCUT2D eigenvalue weighted by molar-refractivity contribution is 0.0906. The van der Waals surface area contributed by atoms with E-state index in [0.717, 1.165) is 48.6 Å². The van der Waals surface area contributed by atoms with Crippen LogP contribution in [0.4, 0.5) is 0 Å². The van der Waals surface area contributed by atoms with Gasteiger partial charge in [0, 0.05) is 12.6 Å². The van der Waals surface area contributed by atoms with Crippen molar-refractivity contribution in [2.45, 2.75) is 39.7 Å². The molecule has 3 aromatic rings. The SMILES string of the molecule is Cc1cc(C)c2oc(C(=O)NC[C@H](c3ccc(C)o3)N3CCCC3)cc(=O)c2c1. The minimum Gasteiger partial charge on any atom is -0.465 e. The summed E-state index contributed by atoms with van der Waals surface area (Å²) in [6.07, 6.45) is 2.28. The zero-order valence-corrected chi connectivity index (χ0v) is 17.1. The second-order valence-electron chi connectivity index (χ2n) is 7.85. The molecule has 0 radical (unpaired) electrons. The van der Waals surface area contributed by atoms with Gasteiger partial charge in [0.05, 0.1) is 11.4 Å². The van der Waals surface area contributed by atoms with Crippen molar-refractivity contribution in [1.82, 2.24) is 10.2 Å². The van der Waals surface area contributed by atoms with Crippen molar-refractivity contribution in [2.75, 3.05) is 19.6 Å². The van der Waals surface area contributed by atoms with Crippen LogP contribution in [0.15, 0.2) is 44.0 Å². The molecule has 0 spiro atoms. The third-order valence-corrected chi connectivity index (χ3v) is 5.51. The van der Waals surface area contributed by atoms with Gasteiger partial charge in [-0.05, 0) is 76.0 Å². The third-order valence-electron chi connectivity index (χ3n) is 5.51. The Hall–Kier alpha value is -2.86. The molecule has 0 saturated carbocycles. The molecule has 152 valence electrons. The number of nitrogens with zero attached hydrogens (tertiary/aromatic N) is 1. The number of amides is 1. The summed E-state index contributed by atoms with van der Waals surface area (Å²) in [5, 5.41) is 3.43. The number of likely N-dealkylation sites (tertiary alicyclic amines) is 1. The Kier molecular flexibility index (Phi) is 5.28. The zero-order chi connectivity index (χ0) is 20.5. The molecule has 1 saturated heterocycles. The van der Waals surface area contributed by atoms with Crippen LogP contribution in [0.25, 0.3) is 11.0 Å². The number of fused-ring (bicyclic) bond motifs is 1. The second-order valence-corrected chi connectivity index (χ2v) is 7.85. The molecule has 1 aliphatic rings. The first-order chi connectivity index (χ1) is 13.9. The van der Waals surface area contributed by atoms with Crippen molar-refractivity contribution >= 4 is 16.9 Å². The molecule has 6 nitrogen and oxygen atoms in total. The molecule has 0 aliphatic carbocycles. The van der Waals surface area contributed by atoms with Crippen molar-refractivity contribution < 1.29 is 13.6 Å². The van der Waals surface area contributed by atoms with Crippen LogP contribution in [0, 0.1) is 20.8 Å². The Labute approximate surface area is 169 Å². The van der Waals surface area contributed by atoms with Gasteiger partial charge in [-0.15, -0.1) is 0 Å². The number of hydrogen-bond acceptors (Lipinski definition) is 5. The summed E-state index contributed by atoms with van der Waals surface area (Å²) in [6.45, 7) is 8.06. The van der Waals surface area contributed by atoms with Crippen molar-refractivity contribution in [3.8, 4) is 0 Å². The van der Waals surface area contributed by atoms with Gasteiger partial charge in [0.1, 0.15) is 17.1 Å². The van der Waals surface area contributed by atoms with Crippen molar-refractivity contribution in [1.29, 1.82) is 0 Å². The first-order valence-corrected chi connectivity index (χ1v) is 10.1. The lowest BCUT2D eigenvalue weighted by atomic mass is 10.1. The van der Waals surface area contributed by atoms with Crippen LogP contribution in [0.1, 0.15) is 52.1 Å². The van der Waals surface area contributed by atoms with Gasteiger partial charge in [-0.3, -0.25) is 14.5 Å². The average Bonchev–Trinajstić information content (AvgIpc) is 3.35. The molecule has 29 heavy (non-hydrogen) atoms. The Bertz CT molecular complexity index is 1110. The number of benzene rings is 1. The lowest BCUT2D eigenvalue weighted by Crippen LogP contribution is -2.36. The molecule has 1 atom stereocenters. The van der Waals surface area contributed by atoms with Gasteiger partial charge in [-0.1, -0.05) is 6.07 Å². The van der Waals surface area contributed by atoms with Crippen LogP contribution in [0.2, 0.25) is 0 Å². The van der Waals surface area contributed by atoms with Crippen LogP contribution in [0.3, 0.4) is 0 Å². The topological polar surface area (TPSA) is 75.7 Å². The van der Waals surface area contributed by atoms with Crippen molar-refractivity contribution in [3.05, 3.63) is 69.0 Å². The molecular weight excluding hydrogens is 368 g/mol. The van der Waals surface area contributed by atoms with Gasteiger partial charge in [-0.25, -0.2) is 0 Å². The standard InChI is InChI=1S/C23H26N2O4/c1-14-10-15(2)22-17(11-14)19(26)12-21(29-22)23(27)24-13-18(25-8-4-5-9-25)20-7-6-16(3)28-20/h6-7,10-12,18H,4-5,8-9,13H2,1-3H3,(H,24,27)/t18-/m1/s1. The van der Waals surface area contributed by atoms with Gasteiger partial charge in [-0.2, -0.15) is 0 Å². The summed E-state index contributed by atoms with van der Waals surface area (Å²) in [5.74, 6) is 1.33. The van der Waals surface area contributed by atoms with Gasteiger partial charge < -0.3 is 14.2 Å². The molecule has 1 N–H and O–H groups in total. The fraction of sp³-hybridized carbons (Fsp3) is 0.391. The highest BCUT2D eigenvalue weighted by atomic mass is 16.3. The van der Waals surface area contributed by atoms with Gasteiger partial charge in [0.2, 0.25) is 0 Å². The first kappa shape index (κ1) is 19.5. The molecule has 1 amide bonds. The van der Waals surface area contributed by atoms with Crippen LogP contribution in [-0.4, -0.2) is 30.4 Å². The molecule has 0 bridgehead atoms. The minimum atomic E-state index is -0.392. The highest BCUT2D eigenvalue weighted by Crippen LogP contribution is 2.26. The molecule has 3 heterocycles. The Morgan fingerprint density at radius 1 is 1.10 bits per heavy atom. The minimum absolute atomic E-state index is 0.0326. The molecule has 1 aliphatic heterocycles. The summed E-state index contributed by atoms with van der Waals surface area (Å²) >= 11 is 0. The average molecular weight is 394 g/mol. The molecule has 0 unspecified atom stereocenters. The highest BCUT2D eigenvalue weighted by Gasteiger charge is 2.27. The normalized spacial score (nSPS) is 15.7. The fourth-order valence-electron chi connectivity index (χ4n) is 4.09. The molecule has 4 rings (SSSR count). The van der Waals surface area contributed by atoms with E-state index in [-0.39, 0.29) is 17.2 Å². The number of carbonyl (C=O) groups excluding carboxylic acids is 1. The predicted molar refractivity (Wildman–Crippen MR) is 111 cm³/mol. The van der Waals surface area contributed by atoms with E-state index in [2.05, 4.69) is 10.2 Å².